The van der Waals surface area contributed by atoms with Crippen molar-refractivity contribution in [3.8, 4) is 5.75 Å². The number of aryl methyl sites for hydroxylation is 2. The van der Waals surface area contributed by atoms with Gasteiger partial charge in [-0.2, -0.15) is 0 Å². The fourth-order valence-corrected chi connectivity index (χ4v) is 4.13. The summed E-state index contributed by atoms with van der Waals surface area (Å²) in [7, 11) is 0. The van der Waals surface area contributed by atoms with Crippen molar-refractivity contribution in [1.82, 2.24) is 0 Å². The first-order valence-corrected chi connectivity index (χ1v) is 10.1. The lowest BCUT2D eigenvalue weighted by atomic mass is 9.78. The average molecular weight is 366 g/mol. The molecule has 2 aromatic carbocycles. The van der Waals surface area contributed by atoms with E-state index in [0.29, 0.717) is 0 Å². The first kappa shape index (κ1) is 19.5. The third-order valence-electron chi connectivity index (χ3n) is 5.83. The Labute approximate surface area is 163 Å². The Bertz CT molecular complexity index is 768. The minimum atomic E-state index is -0.408. The molecule has 0 radical (unpaired) electrons. The maximum absolute atomic E-state index is 13.3. The Morgan fingerprint density at radius 1 is 1.11 bits per heavy atom. The largest absolute Gasteiger partial charge is 0.490 e. The van der Waals surface area contributed by atoms with Gasteiger partial charge >= 0.3 is 0 Å². The monoisotopic (exact) mass is 365 g/mol. The van der Waals surface area contributed by atoms with Crippen LogP contribution in [0.1, 0.15) is 62.6 Å². The molecule has 1 amide bonds. The van der Waals surface area contributed by atoms with Gasteiger partial charge in [-0.05, 0) is 68.9 Å². The Kier molecular flexibility index (Phi) is 5.88. The third-order valence-corrected chi connectivity index (χ3v) is 5.83. The molecule has 0 spiro atoms. The first-order chi connectivity index (χ1) is 13.0. The third kappa shape index (κ3) is 4.02. The molecule has 1 atom stereocenters. The van der Waals surface area contributed by atoms with Crippen LogP contribution in [0, 0.1) is 13.8 Å². The molecule has 1 fully saturated rings. The molecule has 144 valence electrons. The quantitative estimate of drug-likeness (QED) is 0.689. The zero-order valence-corrected chi connectivity index (χ0v) is 17.0. The molecule has 1 aliphatic carbocycles. The number of rotatable bonds is 6. The normalized spacial score (nSPS) is 16.7. The lowest BCUT2D eigenvalue weighted by molar-refractivity contribution is -0.121. The molecular weight excluding hydrogens is 334 g/mol. The number of carbonyl (C=O) groups is 1. The molecule has 2 aromatic rings. The number of benzene rings is 2. The van der Waals surface area contributed by atoms with Crippen LogP contribution in [0.4, 0.5) is 5.69 Å². The van der Waals surface area contributed by atoms with Gasteiger partial charge in [0.25, 0.3) is 0 Å². The maximum atomic E-state index is 13.3. The summed E-state index contributed by atoms with van der Waals surface area (Å²) >= 11 is 0. The molecule has 27 heavy (non-hydrogen) atoms. The van der Waals surface area contributed by atoms with Gasteiger partial charge in [-0.25, -0.2) is 0 Å². The van der Waals surface area contributed by atoms with Crippen LogP contribution in [0.2, 0.25) is 0 Å². The predicted molar refractivity (Wildman–Crippen MR) is 112 cm³/mol. The molecule has 1 saturated carbocycles. The molecule has 0 saturated heterocycles. The van der Waals surface area contributed by atoms with Crippen LogP contribution in [-0.4, -0.2) is 12.0 Å². The molecule has 1 N–H and O–H groups in total. The van der Waals surface area contributed by atoms with Gasteiger partial charge in [-0.1, -0.05) is 50.1 Å². The van der Waals surface area contributed by atoms with Gasteiger partial charge in [-0.3, -0.25) is 4.79 Å². The standard InChI is InChI=1S/C24H31NO2/c1-5-19(4)27-22-17(2)15-21(16-18(22)3)25-23(26)24(13-9-10-14-24)20-11-7-6-8-12-20/h6-8,11-12,15-16,19H,5,9-10,13-14H2,1-4H3,(H,25,26)/t19-/m1/s1. The maximum Gasteiger partial charge on any atom is 0.235 e. The molecule has 0 bridgehead atoms. The summed E-state index contributed by atoms with van der Waals surface area (Å²) in [5.41, 5.74) is 3.70. The second-order valence-electron chi connectivity index (χ2n) is 7.89. The van der Waals surface area contributed by atoms with Crippen molar-refractivity contribution in [2.45, 2.75) is 71.3 Å². The summed E-state index contributed by atoms with van der Waals surface area (Å²) in [4.78, 5) is 13.3. The SMILES string of the molecule is CC[C@@H](C)Oc1c(C)cc(NC(=O)C2(c3ccccc3)CCCC2)cc1C. The molecule has 0 aliphatic heterocycles. The van der Waals surface area contributed by atoms with Gasteiger partial charge in [0.15, 0.2) is 0 Å². The number of anilines is 1. The summed E-state index contributed by atoms with van der Waals surface area (Å²) in [6.45, 7) is 8.29. The minimum absolute atomic E-state index is 0.112. The highest BCUT2D eigenvalue weighted by Crippen LogP contribution is 2.42. The van der Waals surface area contributed by atoms with E-state index < -0.39 is 5.41 Å². The molecular formula is C24H31NO2. The Balaban J connectivity index is 1.85. The molecule has 3 heteroatoms. The van der Waals surface area contributed by atoms with E-state index in [1.165, 1.54) is 0 Å². The molecule has 0 heterocycles. The molecule has 0 unspecified atom stereocenters. The fraction of sp³-hybridized carbons (Fsp3) is 0.458. The fourth-order valence-electron chi connectivity index (χ4n) is 4.13. The number of amides is 1. The summed E-state index contributed by atoms with van der Waals surface area (Å²) in [6.07, 6.45) is 5.18. The van der Waals surface area contributed by atoms with Crippen molar-refractivity contribution in [1.29, 1.82) is 0 Å². The Morgan fingerprint density at radius 3 is 2.26 bits per heavy atom. The highest BCUT2D eigenvalue weighted by Gasteiger charge is 2.42. The average Bonchev–Trinajstić information content (AvgIpc) is 3.16. The van der Waals surface area contributed by atoms with Crippen LogP contribution < -0.4 is 10.1 Å². The van der Waals surface area contributed by atoms with E-state index in [-0.39, 0.29) is 12.0 Å². The van der Waals surface area contributed by atoms with Gasteiger partial charge < -0.3 is 10.1 Å². The Morgan fingerprint density at radius 2 is 1.70 bits per heavy atom. The summed E-state index contributed by atoms with van der Waals surface area (Å²) in [5.74, 6) is 1.04. The van der Waals surface area contributed by atoms with Gasteiger partial charge in [0.05, 0.1) is 11.5 Å². The predicted octanol–water partition coefficient (Wildman–Crippen LogP) is 5.93. The lowest BCUT2D eigenvalue weighted by Gasteiger charge is -2.28. The minimum Gasteiger partial charge on any atom is -0.490 e. The van der Waals surface area contributed by atoms with Crippen molar-refractivity contribution in [3.05, 3.63) is 59.2 Å². The van der Waals surface area contributed by atoms with Crippen molar-refractivity contribution in [2.75, 3.05) is 5.32 Å². The molecule has 3 nitrogen and oxygen atoms in total. The van der Waals surface area contributed by atoms with Gasteiger partial charge in [0, 0.05) is 5.69 Å². The smallest absolute Gasteiger partial charge is 0.235 e. The van der Waals surface area contributed by atoms with Crippen LogP contribution in [0.3, 0.4) is 0 Å². The van der Waals surface area contributed by atoms with E-state index in [2.05, 4.69) is 31.3 Å². The van der Waals surface area contributed by atoms with Crippen LogP contribution >= 0.6 is 0 Å². The number of hydrogen-bond acceptors (Lipinski definition) is 2. The van der Waals surface area contributed by atoms with Gasteiger partial charge in [0.1, 0.15) is 5.75 Å². The summed E-state index contributed by atoms with van der Waals surface area (Å²) in [6, 6.07) is 14.3. The van der Waals surface area contributed by atoms with Gasteiger partial charge in [-0.15, -0.1) is 0 Å². The van der Waals surface area contributed by atoms with E-state index in [9.17, 15) is 4.79 Å². The topological polar surface area (TPSA) is 38.3 Å². The van der Waals surface area contributed by atoms with E-state index in [1.807, 2.05) is 44.2 Å². The second-order valence-corrected chi connectivity index (χ2v) is 7.89. The highest BCUT2D eigenvalue weighted by atomic mass is 16.5. The second kappa shape index (κ2) is 8.16. The summed E-state index contributed by atoms with van der Waals surface area (Å²) in [5, 5.41) is 3.20. The van der Waals surface area contributed by atoms with Crippen molar-refractivity contribution >= 4 is 11.6 Å². The van der Waals surface area contributed by atoms with E-state index in [0.717, 1.165) is 60.2 Å². The van der Waals surface area contributed by atoms with Crippen molar-refractivity contribution in [3.63, 3.8) is 0 Å². The van der Waals surface area contributed by atoms with Crippen molar-refractivity contribution in [2.24, 2.45) is 0 Å². The Hall–Kier alpha value is -2.29. The zero-order valence-electron chi connectivity index (χ0n) is 17.0. The van der Waals surface area contributed by atoms with E-state index in [4.69, 9.17) is 4.74 Å². The van der Waals surface area contributed by atoms with Crippen LogP contribution in [0.25, 0.3) is 0 Å². The molecule has 3 rings (SSSR count). The lowest BCUT2D eigenvalue weighted by Crippen LogP contribution is -2.38. The van der Waals surface area contributed by atoms with E-state index >= 15 is 0 Å². The number of nitrogens with one attached hydrogen (secondary N) is 1. The first-order valence-electron chi connectivity index (χ1n) is 10.1. The molecule has 0 aromatic heterocycles. The number of carbonyl (C=O) groups excluding carboxylic acids is 1. The van der Waals surface area contributed by atoms with E-state index in [1.54, 1.807) is 0 Å². The zero-order chi connectivity index (χ0) is 19.4. The number of ether oxygens (including phenoxy) is 1. The molecule has 1 aliphatic rings. The number of hydrogen-bond donors (Lipinski definition) is 1. The van der Waals surface area contributed by atoms with Gasteiger partial charge in [0.2, 0.25) is 5.91 Å². The van der Waals surface area contributed by atoms with Crippen LogP contribution in [0.5, 0.6) is 5.75 Å². The highest BCUT2D eigenvalue weighted by molar-refractivity contribution is 5.99. The van der Waals surface area contributed by atoms with Crippen molar-refractivity contribution < 1.29 is 9.53 Å². The van der Waals surface area contributed by atoms with Crippen LogP contribution in [-0.2, 0) is 10.2 Å². The summed E-state index contributed by atoms with van der Waals surface area (Å²) < 4.78 is 6.06. The van der Waals surface area contributed by atoms with Crippen LogP contribution in [0.15, 0.2) is 42.5 Å².